The molecule has 0 saturated heterocycles. The van der Waals surface area contributed by atoms with Crippen LogP contribution in [0.5, 0.6) is 5.88 Å². The molecule has 0 aliphatic heterocycles. The molecule has 3 heteroatoms. The Labute approximate surface area is 76.8 Å². The standard InChI is InChI=1S/C10H9NO2/c1-8-6-9(4-3-5-12)7-11-10(8)13-2/h5-7H,1-2H3. The highest BCUT2D eigenvalue weighted by molar-refractivity contribution is 5.73. The molecule has 0 bridgehead atoms. The molecular formula is C10H9NO2. The summed E-state index contributed by atoms with van der Waals surface area (Å²) in [6.07, 6.45) is 2.13. The van der Waals surface area contributed by atoms with Crippen LogP contribution in [0.15, 0.2) is 12.3 Å². The van der Waals surface area contributed by atoms with Crippen LogP contribution in [0.1, 0.15) is 11.1 Å². The lowest BCUT2D eigenvalue weighted by atomic mass is 10.2. The molecule has 0 N–H and O–H groups in total. The zero-order valence-electron chi connectivity index (χ0n) is 7.50. The Morgan fingerprint density at radius 1 is 1.62 bits per heavy atom. The number of carbonyl (C=O) groups excluding carboxylic acids is 1. The van der Waals surface area contributed by atoms with Crippen molar-refractivity contribution in [2.24, 2.45) is 0 Å². The van der Waals surface area contributed by atoms with Crippen molar-refractivity contribution >= 4 is 6.29 Å². The topological polar surface area (TPSA) is 39.2 Å². The van der Waals surface area contributed by atoms with Gasteiger partial charge in [-0.2, -0.15) is 0 Å². The maximum atomic E-state index is 9.97. The van der Waals surface area contributed by atoms with Crippen molar-refractivity contribution in [1.82, 2.24) is 4.98 Å². The molecule has 0 amide bonds. The Hall–Kier alpha value is -1.82. The van der Waals surface area contributed by atoms with Crippen LogP contribution < -0.4 is 4.74 Å². The van der Waals surface area contributed by atoms with E-state index in [2.05, 4.69) is 16.8 Å². The second-order valence-corrected chi connectivity index (χ2v) is 2.44. The lowest BCUT2D eigenvalue weighted by Gasteiger charge is -2.01. The van der Waals surface area contributed by atoms with E-state index in [4.69, 9.17) is 4.74 Å². The minimum Gasteiger partial charge on any atom is -0.481 e. The lowest BCUT2D eigenvalue weighted by molar-refractivity contribution is -0.103. The first-order valence-corrected chi connectivity index (χ1v) is 3.73. The average molecular weight is 175 g/mol. The van der Waals surface area contributed by atoms with Crippen LogP contribution in [0.4, 0.5) is 0 Å². The number of aldehydes is 1. The van der Waals surface area contributed by atoms with Gasteiger partial charge in [-0.15, -0.1) is 0 Å². The molecule has 1 aromatic heterocycles. The molecule has 13 heavy (non-hydrogen) atoms. The van der Waals surface area contributed by atoms with Gasteiger partial charge in [0, 0.05) is 17.3 Å². The van der Waals surface area contributed by atoms with E-state index >= 15 is 0 Å². The van der Waals surface area contributed by atoms with E-state index in [1.807, 2.05) is 13.0 Å². The van der Waals surface area contributed by atoms with Crippen LogP contribution >= 0.6 is 0 Å². The van der Waals surface area contributed by atoms with Crippen LogP contribution in [0.2, 0.25) is 0 Å². The van der Waals surface area contributed by atoms with Crippen LogP contribution in [0, 0.1) is 18.8 Å². The zero-order chi connectivity index (χ0) is 9.68. The van der Waals surface area contributed by atoms with Crippen molar-refractivity contribution in [2.75, 3.05) is 7.11 Å². The van der Waals surface area contributed by atoms with Gasteiger partial charge in [0.15, 0.2) is 6.29 Å². The summed E-state index contributed by atoms with van der Waals surface area (Å²) in [6.45, 7) is 1.87. The summed E-state index contributed by atoms with van der Waals surface area (Å²) >= 11 is 0. The van der Waals surface area contributed by atoms with Gasteiger partial charge in [-0.3, -0.25) is 4.79 Å². The molecule has 1 rings (SSSR count). The predicted octanol–water partition coefficient (Wildman–Crippen LogP) is 0.949. The lowest BCUT2D eigenvalue weighted by Crippen LogP contribution is -1.91. The number of pyridine rings is 1. The molecule has 0 fully saturated rings. The number of aromatic nitrogens is 1. The molecule has 0 saturated carbocycles. The van der Waals surface area contributed by atoms with Gasteiger partial charge in [-0.1, -0.05) is 5.92 Å². The predicted molar refractivity (Wildman–Crippen MR) is 48.5 cm³/mol. The Morgan fingerprint density at radius 2 is 2.38 bits per heavy atom. The maximum Gasteiger partial charge on any atom is 0.215 e. The van der Waals surface area contributed by atoms with Gasteiger partial charge < -0.3 is 4.74 Å². The van der Waals surface area contributed by atoms with E-state index in [1.165, 1.54) is 0 Å². The number of methoxy groups -OCH3 is 1. The van der Waals surface area contributed by atoms with Gasteiger partial charge >= 0.3 is 0 Å². The van der Waals surface area contributed by atoms with Crippen molar-refractivity contribution in [1.29, 1.82) is 0 Å². The quantitative estimate of drug-likeness (QED) is 0.471. The Morgan fingerprint density at radius 3 is 2.92 bits per heavy atom. The third-order valence-corrected chi connectivity index (χ3v) is 1.50. The van der Waals surface area contributed by atoms with E-state index in [0.717, 1.165) is 5.56 Å². The molecule has 0 unspecified atom stereocenters. The zero-order valence-corrected chi connectivity index (χ0v) is 7.50. The molecule has 1 heterocycles. The van der Waals surface area contributed by atoms with Gasteiger partial charge in [-0.05, 0) is 18.9 Å². The SMILES string of the molecule is COc1ncc(C#CC=O)cc1C. The number of carbonyl (C=O) groups is 1. The average Bonchev–Trinajstić information content (AvgIpc) is 2.15. The molecule has 0 atom stereocenters. The second-order valence-electron chi connectivity index (χ2n) is 2.44. The monoisotopic (exact) mass is 175 g/mol. The number of hydrogen-bond donors (Lipinski definition) is 0. The third kappa shape index (κ3) is 2.31. The summed E-state index contributed by atoms with van der Waals surface area (Å²) < 4.78 is 4.98. The summed E-state index contributed by atoms with van der Waals surface area (Å²) in [6, 6.07) is 1.82. The summed E-state index contributed by atoms with van der Waals surface area (Å²) in [7, 11) is 1.56. The van der Waals surface area contributed by atoms with Crippen molar-refractivity contribution < 1.29 is 9.53 Å². The summed E-state index contributed by atoms with van der Waals surface area (Å²) in [5, 5.41) is 0. The normalized spacial score (nSPS) is 8.46. The number of aryl methyl sites for hydroxylation is 1. The highest BCUT2D eigenvalue weighted by Gasteiger charge is 1.98. The van der Waals surface area contributed by atoms with E-state index in [0.29, 0.717) is 17.7 Å². The molecule has 0 spiro atoms. The van der Waals surface area contributed by atoms with Gasteiger partial charge in [0.25, 0.3) is 0 Å². The van der Waals surface area contributed by atoms with E-state index in [1.54, 1.807) is 13.3 Å². The van der Waals surface area contributed by atoms with Crippen molar-refractivity contribution in [3.8, 4) is 17.7 Å². The van der Waals surface area contributed by atoms with Crippen molar-refractivity contribution in [2.45, 2.75) is 6.92 Å². The highest BCUT2D eigenvalue weighted by atomic mass is 16.5. The van der Waals surface area contributed by atoms with Crippen molar-refractivity contribution in [3.63, 3.8) is 0 Å². The van der Waals surface area contributed by atoms with Crippen molar-refractivity contribution in [3.05, 3.63) is 23.4 Å². The Balaban J connectivity index is 3.02. The van der Waals surface area contributed by atoms with E-state index < -0.39 is 0 Å². The molecule has 0 aromatic carbocycles. The fraction of sp³-hybridized carbons (Fsp3) is 0.200. The first-order chi connectivity index (χ1) is 6.27. The Kier molecular flexibility index (Phi) is 3.04. The largest absolute Gasteiger partial charge is 0.481 e. The number of nitrogens with zero attached hydrogens (tertiary/aromatic N) is 1. The first-order valence-electron chi connectivity index (χ1n) is 3.73. The Bertz CT molecular complexity index is 374. The maximum absolute atomic E-state index is 9.97. The fourth-order valence-corrected chi connectivity index (χ4v) is 0.957. The minimum absolute atomic E-state index is 0.555. The number of rotatable bonds is 1. The molecule has 0 aliphatic rings. The first kappa shape index (κ1) is 9.27. The highest BCUT2D eigenvalue weighted by Crippen LogP contribution is 2.13. The fourth-order valence-electron chi connectivity index (χ4n) is 0.957. The summed E-state index contributed by atoms with van der Waals surface area (Å²) in [5.41, 5.74) is 1.62. The van der Waals surface area contributed by atoms with Crippen LogP contribution in [-0.4, -0.2) is 18.4 Å². The molecular weight excluding hydrogens is 166 g/mol. The molecule has 3 nitrogen and oxygen atoms in total. The van der Waals surface area contributed by atoms with Crippen LogP contribution in [0.25, 0.3) is 0 Å². The van der Waals surface area contributed by atoms with Crippen LogP contribution in [0.3, 0.4) is 0 Å². The number of ether oxygens (including phenoxy) is 1. The van der Waals surface area contributed by atoms with Gasteiger partial charge in [0.1, 0.15) is 0 Å². The smallest absolute Gasteiger partial charge is 0.215 e. The summed E-state index contributed by atoms with van der Waals surface area (Å²) in [5.74, 6) is 5.55. The molecule has 66 valence electrons. The van der Waals surface area contributed by atoms with Gasteiger partial charge in [-0.25, -0.2) is 4.98 Å². The van der Waals surface area contributed by atoms with Gasteiger partial charge in [0.2, 0.25) is 5.88 Å². The van der Waals surface area contributed by atoms with Gasteiger partial charge in [0.05, 0.1) is 7.11 Å². The van der Waals surface area contributed by atoms with E-state index in [9.17, 15) is 4.79 Å². The summed E-state index contributed by atoms with van der Waals surface area (Å²) in [4.78, 5) is 14.0. The number of hydrogen-bond acceptors (Lipinski definition) is 3. The molecule has 0 aliphatic carbocycles. The minimum atomic E-state index is 0.555. The van der Waals surface area contributed by atoms with E-state index in [-0.39, 0.29) is 0 Å². The third-order valence-electron chi connectivity index (χ3n) is 1.50. The van der Waals surface area contributed by atoms with Crippen LogP contribution in [-0.2, 0) is 4.79 Å². The second kappa shape index (κ2) is 4.27. The molecule has 1 aromatic rings. The molecule has 0 radical (unpaired) electrons.